The van der Waals surface area contributed by atoms with Crippen molar-refractivity contribution >= 4 is 39.9 Å². The summed E-state index contributed by atoms with van der Waals surface area (Å²) in [4.78, 5) is 29.1. The van der Waals surface area contributed by atoms with Crippen LogP contribution in [-0.4, -0.2) is 48.5 Å². The molecule has 1 amide bonds. The SMILES string of the molecule is CCN(C)C(=O)C(C)Nc1nc(Cl)c(C(=O)OC)s1. The number of nitrogens with zero attached hydrogens (tertiary/aromatic N) is 2. The molecular weight excluding hydrogens is 290 g/mol. The monoisotopic (exact) mass is 305 g/mol. The number of carbonyl (C=O) groups excluding carboxylic acids is 2. The minimum Gasteiger partial charge on any atom is -0.465 e. The van der Waals surface area contributed by atoms with Crippen LogP contribution >= 0.6 is 22.9 Å². The summed E-state index contributed by atoms with van der Waals surface area (Å²) in [7, 11) is 2.99. The van der Waals surface area contributed by atoms with Crippen LogP contribution in [-0.2, 0) is 9.53 Å². The number of esters is 1. The zero-order valence-electron chi connectivity index (χ0n) is 11.2. The Labute approximate surface area is 120 Å². The fourth-order valence-electron chi connectivity index (χ4n) is 1.32. The van der Waals surface area contributed by atoms with Gasteiger partial charge < -0.3 is 15.0 Å². The lowest BCUT2D eigenvalue weighted by molar-refractivity contribution is -0.130. The molecule has 0 saturated heterocycles. The summed E-state index contributed by atoms with van der Waals surface area (Å²) >= 11 is 6.89. The summed E-state index contributed by atoms with van der Waals surface area (Å²) in [5.74, 6) is -0.603. The van der Waals surface area contributed by atoms with Gasteiger partial charge in [-0.25, -0.2) is 9.78 Å². The topological polar surface area (TPSA) is 71.5 Å². The fourth-order valence-corrected chi connectivity index (χ4v) is 2.51. The second kappa shape index (κ2) is 6.72. The second-order valence-corrected chi connectivity index (χ2v) is 5.21. The van der Waals surface area contributed by atoms with Crippen molar-refractivity contribution in [3.05, 3.63) is 10.0 Å². The molecule has 0 aromatic carbocycles. The van der Waals surface area contributed by atoms with E-state index in [1.54, 1.807) is 18.9 Å². The van der Waals surface area contributed by atoms with E-state index in [-0.39, 0.29) is 15.9 Å². The number of nitrogens with one attached hydrogen (secondary N) is 1. The molecule has 1 N–H and O–H groups in total. The molecule has 0 aliphatic carbocycles. The number of anilines is 1. The first-order valence-electron chi connectivity index (χ1n) is 5.66. The number of hydrogen-bond acceptors (Lipinski definition) is 6. The van der Waals surface area contributed by atoms with Crippen molar-refractivity contribution in [3.8, 4) is 0 Å². The Morgan fingerprint density at radius 2 is 2.21 bits per heavy atom. The van der Waals surface area contributed by atoms with Crippen LogP contribution < -0.4 is 5.32 Å². The first kappa shape index (κ1) is 15.7. The molecule has 6 nitrogen and oxygen atoms in total. The number of hydrogen-bond donors (Lipinski definition) is 1. The highest BCUT2D eigenvalue weighted by atomic mass is 35.5. The van der Waals surface area contributed by atoms with Gasteiger partial charge in [0.05, 0.1) is 7.11 Å². The Morgan fingerprint density at radius 1 is 1.58 bits per heavy atom. The van der Waals surface area contributed by atoms with Crippen LogP contribution in [0.1, 0.15) is 23.5 Å². The third-order valence-electron chi connectivity index (χ3n) is 2.52. The average molecular weight is 306 g/mol. The van der Waals surface area contributed by atoms with E-state index in [0.717, 1.165) is 11.3 Å². The van der Waals surface area contributed by atoms with Crippen molar-refractivity contribution in [3.63, 3.8) is 0 Å². The largest absolute Gasteiger partial charge is 0.465 e. The Morgan fingerprint density at radius 3 is 2.74 bits per heavy atom. The molecule has 0 bridgehead atoms. The molecule has 19 heavy (non-hydrogen) atoms. The summed E-state index contributed by atoms with van der Waals surface area (Å²) < 4.78 is 4.58. The molecule has 0 fully saturated rings. The predicted molar refractivity (Wildman–Crippen MR) is 74.9 cm³/mol. The number of methoxy groups -OCH3 is 1. The van der Waals surface area contributed by atoms with Crippen molar-refractivity contribution in [1.29, 1.82) is 0 Å². The van der Waals surface area contributed by atoms with Crippen LogP contribution in [0.2, 0.25) is 5.15 Å². The number of carbonyl (C=O) groups is 2. The Bertz CT molecular complexity index is 478. The summed E-state index contributed by atoms with van der Waals surface area (Å²) in [6.45, 7) is 4.23. The molecule has 1 heterocycles. The number of likely N-dealkylation sites (N-methyl/N-ethyl adjacent to an activating group) is 1. The lowest BCUT2D eigenvalue weighted by Gasteiger charge is -2.20. The van der Waals surface area contributed by atoms with Crippen molar-refractivity contribution in [1.82, 2.24) is 9.88 Å². The Hall–Kier alpha value is -1.34. The third kappa shape index (κ3) is 3.81. The molecule has 1 aromatic heterocycles. The zero-order valence-corrected chi connectivity index (χ0v) is 12.8. The average Bonchev–Trinajstić information content (AvgIpc) is 2.76. The molecule has 1 rings (SSSR count). The minimum absolute atomic E-state index is 0.0616. The normalized spacial score (nSPS) is 11.8. The molecule has 1 atom stereocenters. The van der Waals surface area contributed by atoms with Crippen LogP contribution in [0, 0.1) is 0 Å². The number of thiazole rings is 1. The number of amides is 1. The summed E-state index contributed by atoms with van der Waals surface area (Å²) in [5, 5.41) is 3.41. The maximum atomic E-state index is 11.9. The van der Waals surface area contributed by atoms with E-state index in [9.17, 15) is 9.59 Å². The number of halogens is 1. The van der Waals surface area contributed by atoms with E-state index in [2.05, 4.69) is 15.0 Å². The van der Waals surface area contributed by atoms with Gasteiger partial charge in [0, 0.05) is 13.6 Å². The van der Waals surface area contributed by atoms with Crippen LogP contribution in [0.15, 0.2) is 0 Å². The van der Waals surface area contributed by atoms with E-state index >= 15 is 0 Å². The standard InChI is InChI=1S/C11H16ClN3O3S/c1-5-15(3)9(16)6(2)13-11-14-8(12)7(19-11)10(17)18-4/h6H,5H2,1-4H3,(H,13,14). The maximum Gasteiger partial charge on any atom is 0.351 e. The van der Waals surface area contributed by atoms with Gasteiger partial charge >= 0.3 is 5.97 Å². The molecular formula is C11H16ClN3O3S. The maximum absolute atomic E-state index is 11.9. The van der Waals surface area contributed by atoms with Gasteiger partial charge in [0.1, 0.15) is 6.04 Å². The van der Waals surface area contributed by atoms with Crippen LogP contribution in [0.3, 0.4) is 0 Å². The van der Waals surface area contributed by atoms with E-state index in [1.807, 2.05) is 6.92 Å². The summed E-state index contributed by atoms with van der Waals surface area (Å²) in [5.41, 5.74) is 0. The van der Waals surface area contributed by atoms with E-state index in [0.29, 0.717) is 11.7 Å². The first-order valence-corrected chi connectivity index (χ1v) is 6.86. The van der Waals surface area contributed by atoms with Gasteiger partial charge in [-0.1, -0.05) is 22.9 Å². The number of aromatic nitrogens is 1. The smallest absolute Gasteiger partial charge is 0.351 e. The quantitative estimate of drug-likeness (QED) is 0.841. The molecule has 0 radical (unpaired) electrons. The predicted octanol–water partition coefficient (Wildman–Crippen LogP) is 1.86. The fraction of sp³-hybridized carbons (Fsp3) is 0.545. The number of rotatable bonds is 5. The van der Waals surface area contributed by atoms with Gasteiger partial charge in [0.25, 0.3) is 0 Å². The van der Waals surface area contributed by atoms with Gasteiger partial charge in [-0.05, 0) is 13.8 Å². The lowest BCUT2D eigenvalue weighted by Crippen LogP contribution is -2.38. The molecule has 8 heteroatoms. The first-order chi connectivity index (χ1) is 8.90. The van der Waals surface area contributed by atoms with Gasteiger partial charge in [-0.2, -0.15) is 0 Å². The molecule has 1 aromatic rings. The third-order valence-corrected chi connectivity index (χ3v) is 3.87. The van der Waals surface area contributed by atoms with Gasteiger partial charge in [-0.15, -0.1) is 0 Å². The van der Waals surface area contributed by atoms with Crippen molar-refractivity contribution in [2.24, 2.45) is 0 Å². The minimum atomic E-state index is -0.541. The highest BCUT2D eigenvalue weighted by Crippen LogP contribution is 2.27. The highest BCUT2D eigenvalue weighted by Gasteiger charge is 2.21. The highest BCUT2D eigenvalue weighted by molar-refractivity contribution is 7.18. The van der Waals surface area contributed by atoms with Crippen molar-refractivity contribution < 1.29 is 14.3 Å². The number of ether oxygens (including phenoxy) is 1. The van der Waals surface area contributed by atoms with Crippen LogP contribution in [0.4, 0.5) is 5.13 Å². The lowest BCUT2D eigenvalue weighted by atomic mass is 10.3. The van der Waals surface area contributed by atoms with E-state index < -0.39 is 12.0 Å². The molecule has 0 aliphatic heterocycles. The molecule has 0 aliphatic rings. The van der Waals surface area contributed by atoms with Crippen molar-refractivity contribution in [2.75, 3.05) is 26.0 Å². The van der Waals surface area contributed by atoms with Gasteiger partial charge in [0.15, 0.2) is 15.2 Å². The van der Waals surface area contributed by atoms with Gasteiger partial charge in [-0.3, -0.25) is 4.79 Å². The summed E-state index contributed by atoms with van der Waals surface area (Å²) in [6, 6.07) is -0.447. The van der Waals surface area contributed by atoms with Gasteiger partial charge in [0.2, 0.25) is 5.91 Å². The zero-order chi connectivity index (χ0) is 14.6. The Kier molecular flexibility index (Phi) is 5.56. The van der Waals surface area contributed by atoms with E-state index in [1.165, 1.54) is 7.11 Å². The molecule has 0 saturated carbocycles. The van der Waals surface area contributed by atoms with Crippen LogP contribution in [0.25, 0.3) is 0 Å². The molecule has 1 unspecified atom stereocenters. The Balaban J connectivity index is 2.78. The van der Waals surface area contributed by atoms with Crippen molar-refractivity contribution in [2.45, 2.75) is 19.9 Å². The summed E-state index contributed by atoms with van der Waals surface area (Å²) in [6.07, 6.45) is 0. The van der Waals surface area contributed by atoms with Crippen LogP contribution in [0.5, 0.6) is 0 Å². The molecule has 106 valence electrons. The molecule has 0 spiro atoms. The second-order valence-electron chi connectivity index (χ2n) is 3.85. The van der Waals surface area contributed by atoms with E-state index in [4.69, 9.17) is 11.6 Å².